The van der Waals surface area contributed by atoms with Crippen molar-refractivity contribution in [3.63, 3.8) is 0 Å². The summed E-state index contributed by atoms with van der Waals surface area (Å²) in [6, 6.07) is 14.7. The number of allylic oxidation sites excluding steroid dienone is 2. The van der Waals surface area contributed by atoms with Gasteiger partial charge < -0.3 is 4.98 Å². The summed E-state index contributed by atoms with van der Waals surface area (Å²) >= 11 is 1.69. The highest BCUT2D eigenvalue weighted by Crippen LogP contribution is 2.40. The number of nitrogens with zero attached hydrogens (tertiary/aromatic N) is 3. The number of rotatable bonds is 5. The lowest BCUT2D eigenvalue weighted by atomic mass is 9.72. The number of benzene rings is 1. The van der Waals surface area contributed by atoms with Crippen LogP contribution in [0.3, 0.4) is 0 Å². The van der Waals surface area contributed by atoms with Crippen LogP contribution in [0.5, 0.6) is 0 Å². The molecule has 1 aliphatic carbocycles. The molecule has 3 heterocycles. The highest BCUT2D eigenvalue weighted by molar-refractivity contribution is 7.15. The number of aryl methyl sites for hydroxylation is 1. The van der Waals surface area contributed by atoms with Crippen LogP contribution < -0.4 is 5.56 Å². The topological polar surface area (TPSA) is 87.3 Å². The quantitative estimate of drug-likeness (QED) is 0.328. The second kappa shape index (κ2) is 9.38. The zero-order valence-corrected chi connectivity index (χ0v) is 21.5. The van der Waals surface area contributed by atoms with Crippen molar-refractivity contribution in [2.75, 3.05) is 0 Å². The van der Waals surface area contributed by atoms with Gasteiger partial charge in [-0.2, -0.15) is 5.21 Å². The molecular formula is C28H31N5OS. The van der Waals surface area contributed by atoms with Crippen molar-refractivity contribution in [3.8, 4) is 33.1 Å². The summed E-state index contributed by atoms with van der Waals surface area (Å²) in [5.74, 6) is 1.03. The van der Waals surface area contributed by atoms with Gasteiger partial charge in [0.15, 0.2) is 0 Å². The molecule has 1 unspecified atom stereocenters. The predicted molar refractivity (Wildman–Crippen MR) is 143 cm³/mol. The van der Waals surface area contributed by atoms with Gasteiger partial charge in [0, 0.05) is 21.0 Å². The zero-order valence-electron chi connectivity index (χ0n) is 20.7. The van der Waals surface area contributed by atoms with E-state index in [0.717, 1.165) is 46.9 Å². The van der Waals surface area contributed by atoms with Crippen LogP contribution in [-0.4, -0.2) is 25.6 Å². The normalized spacial score (nSPS) is 16.3. The molecular weight excluding hydrogens is 454 g/mol. The highest BCUT2D eigenvalue weighted by atomic mass is 32.1. The average Bonchev–Trinajstić information content (AvgIpc) is 3.56. The molecule has 2 N–H and O–H groups in total. The lowest BCUT2D eigenvalue weighted by Gasteiger charge is -2.33. The van der Waals surface area contributed by atoms with Gasteiger partial charge in [-0.1, -0.05) is 58.0 Å². The molecule has 6 nitrogen and oxygen atoms in total. The Labute approximate surface area is 209 Å². The molecule has 0 aliphatic heterocycles. The number of aromatic amines is 2. The Morgan fingerprint density at radius 1 is 1.09 bits per heavy atom. The fraction of sp³-hybridized carbons (Fsp3) is 0.357. The van der Waals surface area contributed by atoms with Gasteiger partial charge >= 0.3 is 0 Å². The third-order valence-corrected chi connectivity index (χ3v) is 8.34. The summed E-state index contributed by atoms with van der Waals surface area (Å²) in [5, 5.41) is 14.3. The van der Waals surface area contributed by atoms with E-state index >= 15 is 0 Å². The molecule has 4 aromatic rings. The van der Waals surface area contributed by atoms with Gasteiger partial charge in [0.25, 0.3) is 5.56 Å². The van der Waals surface area contributed by atoms with Crippen molar-refractivity contribution < 1.29 is 0 Å². The molecule has 0 fully saturated rings. The first-order chi connectivity index (χ1) is 16.8. The fourth-order valence-corrected chi connectivity index (χ4v) is 5.83. The maximum absolute atomic E-state index is 13.2. The fourth-order valence-electron chi connectivity index (χ4n) is 4.86. The minimum Gasteiger partial charge on any atom is -0.321 e. The molecule has 1 atom stereocenters. The molecule has 3 aromatic heterocycles. The third kappa shape index (κ3) is 4.78. The van der Waals surface area contributed by atoms with Crippen LogP contribution in [0.2, 0.25) is 0 Å². The van der Waals surface area contributed by atoms with E-state index in [-0.39, 0.29) is 5.56 Å². The van der Waals surface area contributed by atoms with E-state index in [1.165, 1.54) is 22.4 Å². The Bertz CT molecular complexity index is 1410. The molecule has 0 spiro atoms. The Kier molecular flexibility index (Phi) is 6.28. The molecule has 35 heavy (non-hydrogen) atoms. The minimum absolute atomic E-state index is 0.224. The number of thiophene rings is 1. The highest BCUT2D eigenvalue weighted by Gasteiger charge is 2.26. The van der Waals surface area contributed by atoms with E-state index in [0.29, 0.717) is 16.8 Å². The summed E-state index contributed by atoms with van der Waals surface area (Å²) in [6.45, 7) is 9.14. The van der Waals surface area contributed by atoms with E-state index in [1.807, 2.05) is 6.07 Å². The van der Waals surface area contributed by atoms with Gasteiger partial charge in [-0.15, -0.1) is 21.5 Å². The van der Waals surface area contributed by atoms with E-state index in [2.05, 4.69) is 95.8 Å². The van der Waals surface area contributed by atoms with Gasteiger partial charge in [0.1, 0.15) is 0 Å². The molecule has 5 rings (SSSR count). The molecule has 0 saturated carbocycles. The molecule has 7 heteroatoms. The molecule has 1 aromatic carbocycles. The van der Waals surface area contributed by atoms with E-state index < -0.39 is 0 Å². The number of H-pyrrole nitrogens is 2. The Morgan fingerprint density at radius 3 is 2.46 bits per heavy atom. The summed E-state index contributed by atoms with van der Waals surface area (Å²) < 4.78 is 0. The van der Waals surface area contributed by atoms with Crippen LogP contribution in [0.1, 0.15) is 57.4 Å². The summed E-state index contributed by atoms with van der Waals surface area (Å²) in [5.41, 5.74) is 5.82. The largest absolute Gasteiger partial charge is 0.321 e. The van der Waals surface area contributed by atoms with Crippen molar-refractivity contribution in [1.29, 1.82) is 0 Å². The van der Waals surface area contributed by atoms with E-state index in [4.69, 9.17) is 0 Å². The lowest BCUT2D eigenvalue weighted by Crippen LogP contribution is -2.21. The summed E-state index contributed by atoms with van der Waals surface area (Å²) in [4.78, 5) is 18.6. The van der Waals surface area contributed by atoms with Crippen LogP contribution >= 0.6 is 11.3 Å². The Balaban J connectivity index is 1.50. The van der Waals surface area contributed by atoms with Crippen molar-refractivity contribution in [2.45, 2.75) is 53.4 Å². The monoisotopic (exact) mass is 485 g/mol. The van der Waals surface area contributed by atoms with Crippen LogP contribution in [0.4, 0.5) is 0 Å². The molecule has 0 bridgehead atoms. The Morgan fingerprint density at radius 2 is 1.86 bits per heavy atom. The molecule has 0 amide bonds. The van der Waals surface area contributed by atoms with Crippen molar-refractivity contribution in [2.24, 2.45) is 11.3 Å². The van der Waals surface area contributed by atoms with Gasteiger partial charge in [0.05, 0.1) is 5.56 Å². The van der Waals surface area contributed by atoms with Crippen LogP contribution in [0, 0.1) is 11.3 Å². The number of tetrazole rings is 1. The van der Waals surface area contributed by atoms with Gasteiger partial charge in [-0.25, -0.2) is 0 Å². The van der Waals surface area contributed by atoms with Crippen molar-refractivity contribution in [3.05, 3.63) is 69.3 Å². The van der Waals surface area contributed by atoms with Gasteiger partial charge in [-0.05, 0) is 77.1 Å². The smallest absolute Gasteiger partial charge is 0.260 e. The van der Waals surface area contributed by atoms with E-state index in [1.54, 1.807) is 11.3 Å². The number of pyridine rings is 1. The first kappa shape index (κ1) is 23.4. The van der Waals surface area contributed by atoms with Crippen LogP contribution in [-0.2, 0) is 6.42 Å². The van der Waals surface area contributed by atoms with Crippen molar-refractivity contribution in [1.82, 2.24) is 25.6 Å². The maximum atomic E-state index is 13.2. The van der Waals surface area contributed by atoms with Crippen LogP contribution in [0.15, 0.2) is 53.3 Å². The van der Waals surface area contributed by atoms with Gasteiger partial charge in [-0.3, -0.25) is 4.79 Å². The molecule has 0 saturated heterocycles. The predicted octanol–water partition coefficient (Wildman–Crippen LogP) is 6.74. The van der Waals surface area contributed by atoms with Crippen LogP contribution in [0.25, 0.3) is 38.7 Å². The second-order valence-electron chi connectivity index (χ2n) is 10.3. The zero-order chi connectivity index (χ0) is 24.6. The number of nitrogens with one attached hydrogen (secondary N) is 2. The third-order valence-electron chi connectivity index (χ3n) is 7.08. The Hall–Kier alpha value is -3.32. The first-order valence-electron chi connectivity index (χ1n) is 12.2. The van der Waals surface area contributed by atoms with E-state index in [9.17, 15) is 4.79 Å². The summed E-state index contributed by atoms with van der Waals surface area (Å²) in [7, 11) is 0. The second-order valence-corrected chi connectivity index (χ2v) is 11.5. The van der Waals surface area contributed by atoms with Crippen molar-refractivity contribution >= 4 is 16.9 Å². The SMILES string of the molecule is CCc1ccc(-c2cc(-c3ccc(C4=CCC(C(C)(C)C)CC4)cc3)[nH]c(=O)c2-c2nn[nH]n2)s1. The summed E-state index contributed by atoms with van der Waals surface area (Å²) in [6.07, 6.45) is 6.84. The minimum atomic E-state index is -0.224. The standard InChI is InChI=1S/C28H31N5OS/c1-5-21-14-15-24(35-21)22-16-23(29-27(34)25(22)26-30-32-33-31-26)19-8-6-17(7-9-19)18-10-12-20(13-11-18)28(2,3)4/h6-10,14-16,20H,5,11-13H2,1-4H3,(H,29,34)(H,30,31,32,33). The molecule has 0 radical (unpaired) electrons. The first-order valence-corrected chi connectivity index (χ1v) is 13.0. The number of hydrogen-bond donors (Lipinski definition) is 2. The molecule has 1 aliphatic rings. The number of hydrogen-bond acceptors (Lipinski definition) is 5. The number of aromatic nitrogens is 5. The molecule has 180 valence electrons. The average molecular weight is 486 g/mol. The van der Waals surface area contributed by atoms with Gasteiger partial charge in [0.2, 0.25) is 5.82 Å². The lowest BCUT2D eigenvalue weighted by molar-refractivity contribution is 0.225. The maximum Gasteiger partial charge on any atom is 0.260 e.